The Labute approximate surface area is 87.1 Å². The van der Waals surface area contributed by atoms with Crippen molar-refractivity contribution >= 4 is 0 Å². The van der Waals surface area contributed by atoms with Crippen LogP contribution in [0.1, 0.15) is 13.3 Å². The highest BCUT2D eigenvalue weighted by molar-refractivity contribution is 5.03. The van der Waals surface area contributed by atoms with Gasteiger partial charge in [0.2, 0.25) is 0 Å². The largest absolute Gasteiger partial charge is 0.459 e. The summed E-state index contributed by atoms with van der Waals surface area (Å²) in [6.07, 6.45) is -7.16. The van der Waals surface area contributed by atoms with Crippen LogP contribution in [0.25, 0.3) is 0 Å². The molecule has 0 fully saturated rings. The molecule has 96 valence electrons. The zero-order valence-corrected chi connectivity index (χ0v) is 8.21. The molecule has 0 aromatic rings. The van der Waals surface area contributed by atoms with Crippen LogP contribution >= 0.6 is 0 Å². The van der Waals surface area contributed by atoms with Gasteiger partial charge in [-0.25, -0.2) is 0 Å². The third-order valence-corrected chi connectivity index (χ3v) is 1.81. The Morgan fingerprint density at radius 2 is 1.50 bits per heavy atom. The first kappa shape index (κ1) is 15.2. The molecule has 1 nitrogen and oxygen atoms in total. The summed E-state index contributed by atoms with van der Waals surface area (Å²) in [7, 11) is 0. The predicted octanol–water partition coefficient (Wildman–Crippen LogP) is 3.11. The Kier molecular flexibility index (Phi) is 4.02. The van der Waals surface area contributed by atoms with Crippen molar-refractivity contribution in [2.24, 2.45) is 5.73 Å². The lowest BCUT2D eigenvalue weighted by Gasteiger charge is -2.32. The molecule has 0 spiro atoms. The van der Waals surface area contributed by atoms with E-state index in [4.69, 9.17) is 0 Å². The highest BCUT2D eigenvalue weighted by Gasteiger charge is 2.74. The topological polar surface area (TPSA) is 26.0 Å². The molecule has 1 atom stereocenters. The first-order chi connectivity index (χ1) is 6.84. The van der Waals surface area contributed by atoms with E-state index in [0.29, 0.717) is 0 Å². The fraction of sp³-hybridized carbons (Fsp3) is 0.750. The number of halogens is 7. The molecule has 0 aliphatic heterocycles. The van der Waals surface area contributed by atoms with Gasteiger partial charge in [0.25, 0.3) is 0 Å². The van der Waals surface area contributed by atoms with Gasteiger partial charge in [-0.2, -0.15) is 30.7 Å². The molecule has 0 unspecified atom stereocenters. The Balaban J connectivity index is 5.11. The van der Waals surface area contributed by atoms with Crippen LogP contribution in [0.5, 0.6) is 0 Å². The van der Waals surface area contributed by atoms with Crippen molar-refractivity contribution in [2.75, 3.05) is 0 Å². The number of alkyl halides is 7. The zero-order chi connectivity index (χ0) is 13.4. The van der Waals surface area contributed by atoms with E-state index < -0.39 is 30.5 Å². The van der Waals surface area contributed by atoms with Crippen LogP contribution in [-0.4, -0.2) is 24.1 Å². The molecule has 0 aromatic heterocycles. The van der Waals surface area contributed by atoms with Crippen molar-refractivity contribution in [3.05, 3.63) is 12.2 Å². The smallest absolute Gasteiger partial charge is 0.322 e. The van der Waals surface area contributed by atoms with Gasteiger partial charge in [-0.1, -0.05) is 5.57 Å². The Morgan fingerprint density at radius 3 is 1.75 bits per heavy atom. The van der Waals surface area contributed by atoms with Crippen molar-refractivity contribution in [2.45, 2.75) is 37.4 Å². The van der Waals surface area contributed by atoms with Crippen molar-refractivity contribution in [1.82, 2.24) is 0 Å². The predicted molar refractivity (Wildman–Crippen MR) is 43.4 cm³/mol. The van der Waals surface area contributed by atoms with E-state index >= 15 is 0 Å². The van der Waals surface area contributed by atoms with Crippen molar-refractivity contribution in [1.29, 1.82) is 0 Å². The first-order valence-corrected chi connectivity index (χ1v) is 4.06. The van der Waals surface area contributed by atoms with E-state index in [1.165, 1.54) is 6.92 Å². The van der Waals surface area contributed by atoms with Crippen LogP contribution in [0.4, 0.5) is 30.7 Å². The minimum atomic E-state index is -6.34. The quantitative estimate of drug-likeness (QED) is 0.604. The van der Waals surface area contributed by atoms with E-state index in [2.05, 4.69) is 12.3 Å². The lowest BCUT2D eigenvalue weighted by molar-refractivity contribution is -0.358. The Morgan fingerprint density at radius 1 is 1.12 bits per heavy atom. The van der Waals surface area contributed by atoms with E-state index in [1.807, 2.05) is 0 Å². The number of hydrogen-bond acceptors (Lipinski definition) is 1. The summed E-state index contributed by atoms with van der Waals surface area (Å²) < 4.78 is 85.6. The average molecular weight is 253 g/mol. The molecule has 8 heteroatoms. The fourth-order valence-corrected chi connectivity index (χ4v) is 0.925. The molecule has 0 aliphatic carbocycles. The monoisotopic (exact) mass is 253 g/mol. The molecule has 0 rings (SSSR count). The van der Waals surface area contributed by atoms with Crippen molar-refractivity contribution < 1.29 is 30.7 Å². The molecule has 0 aromatic carbocycles. The average Bonchev–Trinajstić information content (AvgIpc) is 2.00. The maximum Gasteiger partial charge on any atom is 0.459 e. The highest BCUT2D eigenvalue weighted by atomic mass is 19.4. The van der Waals surface area contributed by atoms with E-state index in [0.717, 1.165) is 0 Å². The molecule has 0 saturated heterocycles. The number of nitrogens with two attached hydrogens (primary N) is 1. The van der Waals surface area contributed by atoms with Gasteiger partial charge in [-0.3, -0.25) is 0 Å². The van der Waals surface area contributed by atoms with Crippen LogP contribution in [0.2, 0.25) is 0 Å². The van der Waals surface area contributed by atoms with Gasteiger partial charge in [-0.15, -0.1) is 6.58 Å². The lowest BCUT2D eigenvalue weighted by Crippen LogP contribution is -2.60. The fourth-order valence-electron chi connectivity index (χ4n) is 0.925. The molecule has 0 saturated carbocycles. The van der Waals surface area contributed by atoms with Crippen LogP contribution in [0.15, 0.2) is 12.2 Å². The molecule has 0 heterocycles. The lowest BCUT2D eigenvalue weighted by atomic mass is 9.98. The van der Waals surface area contributed by atoms with Crippen LogP contribution in [0.3, 0.4) is 0 Å². The molecule has 0 radical (unpaired) electrons. The molecular formula is C8H10F7N. The van der Waals surface area contributed by atoms with Crippen LogP contribution in [-0.2, 0) is 0 Å². The molecule has 0 amide bonds. The SMILES string of the molecule is C=C(C)C[C@@H](N)C(F)(F)C(F)(F)C(F)(F)F. The highest BCUT2D eigenvalue weighted by Crippen LogP contribution is 2.48. The summed E-state index contributed by atoms with van der Waals surface area (Å²) >= 11 is 0. The van der Waals surface area contributed by atoms with Gasteiger partial charge >= 0.3 is 18.0 Å². The maximum atomic E-state index is 12.8. The molecule has 16 heavy (non-hydrogen) atoms. The van der Waals surface area contributed by atoms with Gasteiger partial charge in [0.1, 0.15) is 0 Å². The van der Waals surface area contributed by atoms with E-state index in [9.17, 15) is 30.7 Å². The molecule has 0 aliphatic rings. The summed E-state index contributed by atoms with van der Waals surface area (Å²) in [5, 5.41) is 0. The van der Waals surface area contributed by atoms with Gasteiger partial charge in [-0.05, 0) is 13.3 Å². The molecule has 2 N–H and O–H groups in total. The van der Waals surface area contributed by atoms with Crippen LogP contribution in [0, 0.1) is 0 Å². The second kappa shape index (κ2) is 4.23. The van der Waals surface area contributed by atoms with Crippen molar-refractivity contribution in [3.8, 4) is 0 Å². The minimum Gasteiger partial charge on any atom is -0.322 e. The summed E-state index contributed by atoms with van der Waals surface area (Å²) in [4.78, 5) is 0. The van der Waals surface area contributed by atoms with Gasteiger partial charge < -0.3 is 5.73 Å². The normalized spacial score (nSPS) is 16.1. The summed E-state index contributed by atoms with van der Waals surface area (Å²) in [5.41, 5.74) is 4.64. The van der Waals surface area contributed by atoms with E-state index in [1.54, 1.807) is 0 Å². The van der Waals surface area contributed by atoms with Gasteiger partial charge in [0, 0.05) is 0 Å². The van der Waals surface area contributed by atoms with Crippen molar-refractivity contribution in [3.63, 3.8) is 0 Å². The number of rotatable bonds is 4. The Hall–Kier alpha value is -0.790. The Bertz CT molecular complexity index is 268. The van der Waals surface area contributed by atoms with Gasteiger partial charge in [0.05, 0.1) is 6.04 Å². The third kappa shape index (κ3) is 2.66. The molecular weight excluding hydrogens is 243 g/mol. The summed E-state index contributed by atoms with van der Waals surface area (Å²) in [6.45, 7) is 4.31. The summed E-state index contributed by atoms with van der Waals surface area (Å²) in [6, 6.07) is -2.64. The molecule has 0 bridgehead atoms. The number of hydrogen-bond donors (Lipinski definition) is 1. The van der Waals surface area contributed by atoms with Crippen LogP contribution < -0.4 is 5.73 Å². The second-order valence-electron chi connectivity index (χ2n) is 3.46. The van der Waals surface area contributed by atoms with Gasteiger partial charge in [0.15, 0.2) is 0 Å². The maximum absolute atomic E-state index is 12.8. The minimum absolute atomic E-state index is 0.00912. The zero-order valence-electron chi connectivity index (χ0n) is 8.21. The standard InChI is InChI=1S/C8H10F7N/c1-4(2)3-5(16)6(9,10)7(11,12)8(13,14)15/h5H,1,3,16H2,2H3/t5-/m1/s1. The van der Waals surface area contributed by atoms with E-state index in [-0.39, 0.29) is 5.57 Å². The second-order valence-corrected chi connectivity index (χ2v) is 3.46. The third-order valence-electron chi connectivity index (χ3n) is 1.81. The first-order valence-electron chi connectivity index (χ1n) is 4.06. The summed E-state index contributed by atoms with van der Waals surface area (Å²) in [5.74, 6) is -11.5.